The van der Waals surface area contributed by atoms with Gasteiger partial charge in [0.1, 0.15) is 5.54 Å². The summed E-state index contributed by atoms with van der Waals surface area (Å²) in [6, 6.07) is 0. The van der Waals surface area contributed by atoms with Crippen LogP contribution in [0.2, 0.25) is 0 Å². The lowest BCUT2D eigenvalue weighted by atomic mass is 10.0. The predicted octanol–water partition coefficient (Wildman–Crippen LogP) is 0.150. The van der Waals surface area contributed by atoms with Gasteiger partial charge in [-0.3, -0.25) is 9.69 Å². The summed E-state index contributed by atoms with van der Waals surface area (Å²) in [5.74, 6) is 0.360. The van der Waals surface area contributed by atoms with E-state index < -0.39 is 5.54 Å². The third-order valence-corrected chi connectivity index (χ3v) is 3.29. The van der Waals surface area contributed by atoms with Gasteiger partial charge in [0.05, 0.1) is 7.11 Å². The first kappa shape index (κ1) is 15.4. The van der Waals surface area contributed by atoms with Crippen molar-refractivity contribution < 1.29 is 9.53 Å². The van der Waals surface area contributed by atoms with Crippen LogP contribution in [0.1, 0.15) is 20.8 Å². The maximum atomic E-state index is 11.5. The second-order valence-corrected chi connectivity index (χ2v) is 5.88. The van der Waals surface area contributed by atoms with Gasteiger partial charge in [-0.25, -0.2) is 0 Å². The Bertz CT molecular complexity index is 271. The van der Waals surface area contributed by atoms with Crippen molar-refractivity contribution >= 4 is 5.97 Å². The fourth-order valence-corrected chi connectivity index (χ4v) is 2.41. The van der Waals surface area contributed by atoms with E-state index in [0.717, 1.165) is 32.7 Å². The second-order valence-electron chi connectivity index (χ2n) is 5.88. The molecule has 5 nitrogen and oxygen atoms in total. The number of methoxy groups -OCH3 is 1. The smallest absolute Gasteiger partial charge is 0.326 e. The van der Waals surface area contributed by atoms with Gasteiger partial charge in [0, 0.05) is 39.3 Å². The van der Waals surface area contributed by atoms with Gasteiger partial charge in [0.25, 0.3) is 0 Å². The van der Waals surface area contributed by atoms with Crippen molar-refractivity contribution in [3.05, 3.63) is 0 Å². The third-order valence-electron chi connectivity index (χ3n) is 3.29. The summed E-state index contributed by atoms with van der Waals surface area (Å²) in [5, 5.41) is 0. The van der Waals surface area contributed by atoms with Crippen LogP contribution >= 0.6 is 0 Å². The average Bonchev–Trinajstić information content (AvgIpc) is 2.29. The number of hydrogen-bond donors (Lipinski definition) is 1. The molecule has 0 saturated carbocycles. The van der Waals surface area contributed by atoms with Crippen LogP contribution < -0.4 is 5.73 Å². The van der Waals surface area contributed by atoms with Crippen molar-refractivity contribution in [2.24, 2.45) is 11.7 Å². The Labute approximate surface area is 110 Å². The Morgan fingerprint density at radius 3 is 2.22 bits per heavy atom. The molecule has 5 heteroatoms. The number of esters is 1. The molecule has 2 N–H and O–H groups in total. The highest BCUT2D eigenvalue weighted by Gasteiger charge is 2.32. The van der Waals surface area contributed by atoms with E-state index in [1.54, 1.807) is 6.92 Å². The van der Waals surface area contributed by atoms with Crippen LogP contribution in [0.5, 0.6) is 0 Å². The lowest BCUT2D eigenvalue weighted by molar-refractivity contribution is -0.147. The summed E-state index contributed by atoms with van der Waals surface area (Å²) in [6.45, 7) is 12.0. The molecule has 0 spiro atoms. The summed E-state index contributed by atoms with van der Waals surface area (Å²) in [7, 11) is 1.38. The summed E-state index contributed by atoms with van der Waals surface area (Å²) in [5.41, 5.74) is 5.08. The summed E-state index contributed by atoms with van der Waals surface area (Å²) in [6.07, 6.45) is 0. The Balaban J connectivity index is 2.37. The Morgan fingerprint density at radius 2 is 1.78 bits per heavy atom. The Kier molecular flexibility index (Phi) is 5.56. The maximum absolute atomic E-state index is 11.5. The van der Waals surface area contributed by atoms with Crippen LogP contribution in [-0.2, 0) is 9.53 Å². The molecule has 1 heterocycles. The highest BCUT2D eigenvalue weighted by Crippen LogP contribution is 2.10. The molecule has 1 unspecified atom stereocenters. The average molecular weight is 257 g/mol. The summed E-state index contributed by atoms with van der Waals surface area (Å²) < 4.78 is 4.73. The first-order valence-corrected chi connectivity index (χ1v) is 6.67. The lowest BCUT2D eigenvalue weighted by Crippen LogP contribution is -2.58. The van der Waals surface area contributed by atoms with Gasteiger partial charge >= 0.3 is 5.97 Å². The fourth-order valence-electron chi connectivity index (χ4n) is 2.41. The van der Waals surface area contributed by atoms with Gasteiger partial charge < -0.3 is 15.4 Å². The van der Waals surface area contributed by atoms with Crippen molar-refractivity contribution in [1.29, 1.82) is 0 Å². The van der Waals surface area contributed by atoms with Crippen LogP contribution in [0.4, 0.5) is 0 Å². The van der Waals surface area contributed by atoms with E-state index in [9.17, 15) is 4.79 Å². The topological polar surface area (TPSA) is 58.8 Å². The van der Waals surface area contributed by atoms with Crippen LogP contribution in [0.3, 0.4) is 0 Å². The zero-order valence-electron chi connectivity index (χ0n) is 12.1. The van der Waals surface area contributed by atoms with Gasteiger partial charge in [-0.1, -0.05) is 13.8 Å². The SMILES string of the molecule is COC(=O)C(C)(N)CN1CCN(CC(C)C)CC1. The highest BCUT2D eigenvalue weighted by atomic mass is 16.5. The molecule has 1 aliphatic heterocycles. The standard InChI is InChI=1S/C13H27N3O2/c1-11(2)9-15-5-7-16(8-6-15)10-13(3,14)12(17)18-4/h11H,5-10,14H2,1-4H3. The number of nitrogens with zero attached hydrogens (tertiary/aromatic N) is 2. The highest BCUT2D eigenvalue weighted by molar-refractivity contribution is 5.80. The lowest BCUT2D eigenvalue weighted by Gasteiger charge is -2.38. The molecule has 0 amide bonds. The Hall–Kier alpha value is -0.650. The van der Waals surface area contributed by atoms with Crippen LogP contribution in [0, 0.1) is 5.92 Å². The van der Waals surface area contributed by atoms with Crippen molar-refractivity contribution in [1.82, 2.24) is 9.80 Å². The van der Waals surface area contributed by atoms with Crippen LogP contribution in [0.25, 0.3) is 0 Å². The third kappa shape index (κ3) is 4.55. The van der Waals surface area contributed by atoms with Gasteiger partial charge in [-0.2, -0.15) is 0 Å². The second kappa shape index (κ2) is 6.50. The molecule has 1 saturated heterocycles. The number of piperazine rings is 1. The van der Waals surface area contributed by atoms with Gasteiger partial charge in [-0.05, 0) is 12.8 Å². The predicted molar refractivity (Wildman–Crippen MR) is 72.3 cm³/mol. The quantitative estimate of drug-likeness (QED) is 0.711. The van der Waals surface area contributed by atoms with Crippen molar-refractivity contribution in [3.8, 4) is 0 Å². The van der Waals surface area contributed by atoms with Gasteiger partial charge in [-0.15, -0.1) is 0 Å². The summed E-state index contributed by atoms with van der Waals surface area (Å²) in [4.78, 5) is 16.2. The molecule has 0 aromatic rings. The minimum absolute atomic E-state index is 0.341. The first-order valence-electron chi connectivity index (χ1n) is 6.67. The molecule has 1 atom stereocenters. The molecular weight excluding hydrogens is 230 g/mol. The molecule has 1 rings (SSSR count). The summed E-state index contributed by atoms with van der Waals surface area (Å²) >= 11 is 0. The van der Waals surface area contributed by atoms with E-state index >= 15 is 0 Å². The fraction of sp³-hybridized carbons (Fsp3) is 0.923. The van der Waals surface area contributed by atoms with Gasteiger partial charge in [0.2, 0.25) is 0 Å². The van der Waals surface area contributed by atoms with E-state index in [1.165, 1.54) is 7.11 Å². The zero-order valence-corrected chi connectivity index (χ0v) is 12.1. The number of ether oxygens (including phenoxy) is 1. The molecule has 18 heavy (non-hydrogen) atoms. The molecule has 0 aromatic heterocycles. The van der Waals surface area contributed by atoms with E-state index in [1.807, 2.05) is 0 Å². The van der Waals surface area contributed by atoms with Gasteiger partial charge in [0.15, 0.2) is 0 Å². The van der Waals surface area contributed by atoms with Crippen molar-refractivity contribution in [3.63, 3.8) is 0 Å². The molecule has 1 fully saturated rings. The van der Waals surface area contributed by atoms with E-state index in [-0.39, 0.29) is 5.97 Å². The van der Waals surface area contributed by atoms with Crippen molar-refractivity contribution in [2.75, 3.05) is 46.4 Å². The minimum atomic E-state index is -0.908. The molecule has 0 bridgehead atoms. The number of carbonyl (C=O) groups excluding carboxylic acids is 1. The zero-order chi connectivity index (χ0) is 13.8. The van der Waals surface area contributed by atoms with E-state index in [0.29, 0.717) is 12.5 Å². The number of hydrogen-bond acceptors (Lipinski definition) is 5. The number of rotatable bonds is 5. The molecule has 0 aromatic carbocycles. The Morgan fingerprint density at radius 1 is 1.28 bits per heavy atom. The largest absolute Gasteiger partial charge is 0.468 e. The number of carbonyl (C=O) groups is 1. The van der Waals surface area contributed by atoms with Crippen LogP contribution in [-0.4, -0.2) is 67.7 Å². The van der Waals surface area contributed by atoms with Crippen molar-refractivity contribution in [2.45, 2.75) is 26.3 Å². The minimum Gasteiger partial charge on any atom is -0.468 e. The molecule has 0 radical (unpaired) electrons. The normalized spacial score (nSPS) is 21.9. The maximum Gasteiger partial charge on any atom is 0.326 e. The first-order chi connectivity index (χ1) is 8.35. The molecule has 1 aliphatic rings. The monoisotopic (exact) mass is 257 g/mol. The molecule has 106 valence electrons. The number of nitrogens with two attached hydrogens (primary N) is 1. The van der Waals surface area contributed by atoms with E-state index in [4.69, 9.17) is 10.5 Å². The molecular formula is C13H27N3O2. The molecule has 0 aliphatic carbocycles. The van der Waals surface area contributed by atoms with Crippen LogP contribution in [0.15, 0.2) is 0 Å². The van der Waals surface area contributed by atoms with E-state index in [2.05, 4.69) is 23.6 Å².